The highest BCUT2D eigenvalue weighted by atomic mass is 16.5. The van der Waals surface area contributed by atoms with E-state index in [1.165, 1.54) is 0 Å². The van der Waals surface area contributed by atoms with Crippen molar-refractivity contribution in [3.8, 4) is 11.5 Å². The number of fused-ring (bicyclic) bond motifs is 1. The summed E-state index contributed by atoms with van der Waals surface area (Å²) < 4.78 is 10.7. The Morgan fingerprint density at radius 3 is 2.65 bits per heavy atom. The molecule has 1 heterocycles. The number of ketones is 1. The molecule has 0 amide bonds. The van der Waals surface area contributed by atoms with E-state index in [1.807, 2.05) is 6.07 Å². The summed E-state index contributed by atoms with van der Waals surface area (Å²) in [4.78, 5) is 12.6. The Labute approximate surface area is 116 Å². The minimum Gasteiger partial charge on any atom is -0.497 e. The zero-order valence-corrected chi connectivity index (χ0v) is 11.0. The van der Waals surface area contributed by atoms with Gasteiger partial charge < -0.3 is 14.6 Å². The van der Waals surface area contributed by atoms with E-state index in [0.29, 0.717) is 22.6 Å². The quantitative estimate of drug-likeness (QED) is 0.908. The van der Waals surface area contributed by atoms with E-state index in [1.54, 1.807) is 49.6 Å². The van der Waals surface area contributed by atoms with Crippen LogP contribution in [0.4, 0.5) is 0 Å². The second-order valence-corrected chi connectivity index (χ2v) is 4.71. The van der Waals surface area contributed by atoms with Crippen LogP contribution < -0.4 is 9.47 Å². The predicted octanol–water partition coefficient (Wildman–Crippen LogP) is 2.16. The number of Topliss-reactive ketones (excluding diaryl/α,β-unsaturated/α-hetero) is 1. The summed E-state index contributed by atoms with van der Waals surface area (Å²) in [5, 5.41) is 10.7. The van der Waals surface area contributed by atoms with Gasteiger partial charge in [0, 0.05) is 6.07 Å². The lowest BCUT2D eigenvalue weighted by atomic mass is 9.84. The van der Waals surface area contributed by atoms with Crippen molar-refractivity contribution >= 4 is 5.78 Å². The average molecular weight is 270 g/mol. The van der Waals surface area contributed by atoms with Crippen LogP contribution in [-0.2, 0) is 5.60 Å². The molecule has 1 aliphatic heterocycles. The number of carbonyl (C=O) groups is 1. The van der Waals surface area contributed by atoms with Crippen LogP contribution in [0.3, 0.4) is 0 Å². The van der Waals surface area contributed by atoms with Crippen molar-refractivity contribution in [1.29, 1.82) is 0 Å². The molecular formula is C16H14O4. The molecule has 2 aromatic carbocycles. The van der Waals surface area contributed by atoms with Crippen molar-refractivity contribution in [1.82, 2.24) is 0 Å². The van der Waals surface area contributed by atoms with E-state index in [2.05, 4.69) is 0 Å². The highest BCUT2D eigenvalue weighted by Gasteiger charge is 2.44. The maximum absolute atomic E-state index is 12.6. The van der Waals surface area contributed by atoms with Crippen LogP contribution in [0.1, 0.15) is 15.9 Å². The van der Waals surface area contributed by atoms with Crippen LogP contribution in [0.5, 0.6) is 11.5 Å². The fourth-order valence-corrected chi connectivity index (χ4v) is 2.34. The topological polar surface area (TPSA) is 55.8 Å². The summed E-state index contributed by atoms with van der Waals surface area (Å²) in [5.74, 6) is 0.698. The number of methoxy groups -OCH3 is 1. The molecule has 4 nitrogen and oxygen atoms in total. The van der Waals surface area contributed by atoms with Crippen molar-refractivity contribution in [2.24, 2.45) is 0 Å². The van der Waals surface area contributed by atoms with Gasteiger partial charge in [-0.1, -0.05) is 30.3 Å². The molecule has 0 fully saturated rings. The van der Waals surface area contributed by atoms with Crippen LogP contribution in [0.25, 0.3) is 0 Å². The van der Waals surface area contributed by atoms with Gasteiger partial charge in [0.15, 0.2) is 5.60 Å². The zero-order valence-electron chi connectivity index (χ0n) is 11.0. The standard InChI is InChI=1S/C16H14O4/c1-19-12-7-8-13-14(9-12)20-10-16(18,15(13)17)11-5-3-2-4-6-11/h2-9,18H,10H2,1H3/t16-/m0/s1. The SMILES string of the molecule is COc1ccc2c(c1)OC[C@](O)(c1ccccc1)C2=O. The highest BCUT2D eigenvalue weighted by Crippen LogP contribution is 2.37. The maximum Gasteiger partial charge on any atom is 0.206 e. The van der Waals surface area contributed by atoms with E-state index in [9.17, 15) is 9.90 Å². The summed E-state index contributed by atoms with van der Waals surface area (Å²) in [6.45, 7) is -0.101. The molecule has 0 saturated carbocycles. The van der Waals surface area contributed by atoms with Crippen LogP contribution in [-0.4, -0.2) is 24.6 Å². The van der Waals surface area contributed by atoms with Gasteiger partial charge in [-0.05, 0) is 17.7 Å². The molecule has 20 heavy (non-hydrogen) atoms. The Morgan fingerprint density at radius 2 is 1.95 bits per heavy atom. The van der Waals surface area contributed by atoms with Crippen molar-refractivity contribution < 1.29 is 19.4 Å². The Morgan fingerprint density at radius 1 is 1.20 bits per heavy atom. The largest absolute Gasteiger partial charge is 0.497 e. The molecule has 0 aromatic heterocycles. The summed E-state index contributed by atoms with van der Waals surface area (Å²) in [5.41, 5.74) is -0.738. The molecule has 1 aliphatic rings. The summed E-state index contributed by atoms with van der Waals surface area (Å²) in [6.07, 6.45) is 0. The molecule has 0 spiro atoms. The third-order valence-corrected chi connectivity index (χ3v) is 3.50. The third kappa shape index (κ3) is 1.85. The predicted molar refractivity (Wildman–Crippen MR) is 73.2 cm³/mol. The van der Waals surface area contributed by atoms with E-state index >= 15 is 0 Å². The molecule has 0 aliphatic carbocycles. The number of carbonyl (C=O) groups excluding carboxylic acids is 1. The smallest absolute Gasteiger partial charge is 0.206 e. The number of ether oxygens (including phenoxy) is 2. The van der Waals surface area contributed by atoms with Gasteiger partial charge in [0.2, 0.25) is 5.78 Å². The minimum absolute atomic E-state index is 0.101. The fourth-order valence-electron chi connectivity index (χ4n) is 2.34. The first-order chi connectivity index (χ1) is 9.65. The Kier molecular flexibility index (Phi) is 2.95. The van der Waals surface area contributed by atoms with E-state index in [0.717, 1.165) is 0 Å². The number of aliphatic hydroxyl groups is 1. The van der Waals surface area contributed by atoms with Crippen molar-refractivity contribution in [2.75, 3.05) is 13.7 Å². The first-order valence-electron chi connectivity index (χ1n) is 6.29. The summed E-state index contributed by atoms with van der Waals surface area (Å²) >= 11 is 0. The second-order valence-electron chi connectivity index (χ2n) is 4.71. The van der Waals surface area contributed by atoms with E-state index < -0.39 is 5.60 Å². The third-order valence-electron chi connectivity index (χ3n) is 3.50. The number of hydrogen-bond acceptors (Lipinski definition) is 4. The van der Waals surface area contributed by atoms with Gasteiger partial charge in [0.1, 0.15) is 18.1 Å². The van der Waals surface area contributed by atoms with E-state index in [4.69, 9.17) is 9.47 Å². The first-order valence-corrected chi connectivity index (χ1v) is 6.29. The molecule has 0 unspecified atom stereocenters. The van der Waals surface area contributed by atoms with Crippen LogP contribution in [0.2, 0.25) is 0 Å². The molecule has 102 valence electrons. The monoisotopic (exact) mass is 270 g/mol. The van der Waals surface area contributed by atoms with E-state index in [-0.39, 0.29) is 12.4 Å². The molecule has 2 aromatic rings. The van der Waals surface area contributed by atoms with Gasteiger partial charge in [-0.2, -0.15) is 0 Å². The van der Waals surface area contributed by atoms with Gasteiger partial charge in [-0.25, -0.2) is 0 Å². The lowest BCUT2D eigenvalue weighted by molar-refractivity contribution is -0.00510. The van der Waals surface area contributed by atoms with Gasteiger partial charge in [0.05, 0.1) is 12.7 Å². The molecule has 0 radical (unpaired) electrons. The van der Waals surface area contributed by atoms with Crippen LogP contribution in [0.15, 0.2) is 48.5 Å². The van der Waals surface area contributed by atoms with Crippen LogP contribution >= 0.6 is 0 Å². The summed E-state index contributed by atoms with van der Waals surface area (Å²) in [6, 6.07) is 13.8. The minimum atomic E-state index is -1.64. The van der Waals surface area contributed by atoms with Crippen molar-refractivity contribution in [2.45, 2.75) is 5.60 Å². The number of hydrogen-bond donors (Lipinski definition) is 1. The summed E-state index contributed by atoms with van der Waals surface area (Å²) in [7, 11) is 1.55. The Bertz CT molecular complexity index is 651. The lowest BCUT2D eigenvalue weighted by Crippen LogP contribution is -2.44. The normalized spacial score (nSPS) is 21.0. The Balaban J connectivity index is 2.05. The zero-order chi connectivity index (χ0) is 14.2. The molecule has 3 rings (SSSR count). The Hall–Kier alpha value is -2.33. The molecular weight excluding hydrogens is 256 g/mol. The fraction of sp³-hybridized carbons (Fsp3) is 0.188. The van der Waals surface area contributed by atoms with Crippen molar-refractivity contribution in [3.63, 3.8) is 0 Å². The molecule has 4 heteroatoms. The van der Waals surface area contributed by atoms with Gasteiger partial charge in [-0.3, -0.25) is 4.79 Å². The first kappa shape index (κ1) is 12.7. The maximum atomic E-state index is 12.6. The van der Waals surface area contributed by atoms with Gasteiger partial charge in [-0.15, -0.1) is 0 Å². The molecule has 0 saturated heterocycles. The second kappa shape index (κ2) is 4.65. The highest BCUT2D eigenvalue weighted by molar-refractivity contribution is 6.06. The van der Waals surface area contributed by atoms with Crippen molar-refractivity contribution in [3.05, 3.63) is 59.7 Å². The lowest BCUT2D eigenvalue weighted by Gasteiger charge is -2.32. The molecule has 0 bridgehead atoms. The molecule has 1 N–H and O–H groups in total. The van der Waals surface area contributed by atoms with Crippen LogP contribution in [0, 0.1) is 0 Å². The molecule has 1 atom stereocenters. The number of rotatable bonds is 2. The van der Waals surface area contributed by atoms with Gasteiger partial charge >= 0.3 is 0 Å². The number of benzene rings is 2. The van der Waals surface area contributed by atoms with Gasteiger partial charge in [0.25, 0.3) is 0 Å². The average Bonchev–Trinajstić information content (AvgIpc) is 2.51.